The minimum atomic E-state index is -0.515. The summed E-state index contributed by atoms with van der Waals surface area (Å²) in [7, 11) is 0. The largest absolute Gasteiger partial charge is 0.368 e. The highest BCUT2D eigenvalue weighted by Crippen LogP contribution is 2.24. The molecule has 0 aliphatic heterocycles. The molecular weight excluding hydrogens is 446 g/mol. The molecule has 1 aromatic carbocycles. The number of nitrogen functional groups attached to an aromatic ring is 1. The summed E-state index contributed by atoms with van der Waals surface area (Å²) in [6.45, 7) is 0. The van der Waals surface area contributed by atoms with Gasteiger partial charge in [0.2, 0.25) is 11.8 Å². The Bertz CT molecular complexity index is 1620. The van der Waals surface area contributed by atoms with Gasteiger partial charge in [0.05, 0.1) is 17.4 Å². The van der Waals surface area contributed by atoms with Crippen molar-refractivity contribution in [2.45, 2.75) is 0 Å². The Hall–Kier alpha value is -5.50. The van der Waals surface area contributed by atoms with Crippen LogP contribution in [0.25, 0.3) is 16.7 Å². The van der Waals surface area contributed by atoms with E-state index in [1.807, 2.05) is 0 Å². The highest BCUT2D eigenvalue weighted by molar-refractivity contribution is 6.11. The molecule has 0 saturated carbocycles. The lowest BCUT2D eigenvalue weighted by Gasteiger charge is -2.03. The number of hydrogen-bond acceptors (Lipinski definition) is 9. The van der Waals surface area contributed by atoms with Gasteiger partial charge in [0.1, 0.15) is 0 Å². The highest BCUT2D eigenvalue weighted by Gasteiger charge is 2.19. The Morgan fingerprint density at radius 1 is 0.971 bits per heavy atom. The number of rotatable bonds is 4. The van der Waals surface area contributed by atoms with E-state index in [-0.39, 0.29) is 17.5 Å². The van der Waals surface area contributed by atoms with E-state index in [1.165, 1.54) is 29.5 Å². The van der Waals surface area contributed by atoms with Crippen molar-refractivity contribution in [3.8, 4) is 17.7 Å². The summed E-state index contributed by atoms with van der Waals surface area (Å²) in [5.74, 6) is 4.83. The maximum absolute atomic E-state index is 13.0. The third-order valence-electron chi connectivity index (χ3n) is 4.78. The molecule has 0 aliphatic rings. The average Bonchev–Trinajstić information content (AvgIpc) is 3.27. The van der Waals surface area contributed by atoms with Crippen LogP contribution < -0.4 is 11.1 Å². The van der Waals surface area contributed by atoms with Gasteiger partial charge < -0.3 is 11.1 Å². The molecule has 35 heavy (non-hydrogen) atoms. The van der Waals surface area contributed by atoms with E-state index in [1.54, 1.807) is 48.7 Å². The van der Waals surface area contributed by atoms with Crippen LogP contribution in [0.5, 0.6) is 0 Å². The number of benzene rings is 1. The Labute approximate surface area is 198 Å². The Balaban J connectivity index is 1.58. The van der Waals surface area contributed by atoms with E-state index in [0.29, 0.717) is 28.0 Å². The van der Waals surface area contributed by atoms with E-state index in [0.717, 1.165) is 0 Å². The fraction of sp³-hybridized carbons (Fsp3) is 0. The smallest absolute Gasteiger partial charge is 0.276 e. The van der Waals surface area contributed by atoms with Gasteiger partial charge in [-0.25, -0.2) is 19.6 Å². The first kappa shape index (κ1) is 21.4. The predicted molar refractivity (Wildman–Crippen MR) is 127 cm³/mol. The minimum absolute atomic E-state index is 0.0111. The number of nitrogens with two attached hydrogens (primary N) is 1. The molecule has 0 saturated heterocycles. The molecule has 5 rings (SSSR count). The zero-order chi connectivity index (χ0) is 24.2. The maximum Gasteiger partial charge on any atom is 0.276 e. The van der Waals surface area contributed by atoms with Crippen molar-refractivity contribution in [1.29, 1.82) is 0 Å². The Morgan fingerprint density at radius 3 is 2.60 bits per heavy atom. The molecule has 0 fully saturated rings. The van der Waals surface area contributed by atoms with Crippen molar-refractivity contribution >= 4 is 34.2 Å². The molecule has 5 aromatic rings. The number of carbonyl (C=O) groups is 2. The predicted octanol–water partition coefficient (Wildman–Crippen LogP) is 2.07. The van der Waals surface area contributed by atoms with Gasteiger partial charge >= 0.3 is 0 Å². The molecular formula is C24H15N9O2. The second-order valence-electron chi connectivity index (χ2n) is 7.11. The third kappa shape index (κ3) is 4.53. The standard InChI is InChI=1S/C24H15N9O2/c25-24-29-12-8-20(31-24)33-18-13-15(5-7-19(34)22-27-10-2-11-28-22)4-6-17(18)21(32-33)23(35)30-16-3-1-9-26-14-16/h1-4,6,8-14H,(H,30,35)(H2,25,29,31). The third-order valence-corrected chi connectivity index (χ3v) is 4.78. The number of anilines is 2. The molecule has 0 unspecified atom stereocenters. The van der Waals surface area contributed by atoms with Crippen LogP contribution in [0.1, 0.15) is 26.7 Å². The van der Waals surface area contributed by atoms with Gasteiger partial charge in [-0.2, -0.15) is 10.1 Å². The first-order valence-corrected chi connectivity index (χ1v) is 10.2. The van der Waals surface area contributed by atoms with Gasteiger partial charge in [0, 0.05) is 41.8 Å². The number of fused-ring (bicyclic) bond motifs is 1. The number of hydrogen-bond donors (Lipinski definition) is 2. The topological polar surface area (TPSA) is 154 Å². The van der Waals surface area contributed by atoms with Gasteiger partial charge in [-0.3, -0.25) is 14.6 Å². The molecule has 4 aromatic heterocycles. The van der Waals surface area contributed by atoms with Crippen LogP contribution in [0, 0.1) is 11.8 Å². The average molecular weight is 461 g/mol. The lowest BCUT2D eigenvalue weighted by Crippen LogP contribution is -2.13. The number of aromatic nitrogens is 7. The molecule has 0 bridgehead atoms. The molecule has 0 spiro atoms. The van der Waals surface area contributed by atoms with Crippen LogP contribution in [0.3, 0.4) is 0 Å². The quantitative estimate of drug-likeness (QED) is 0.302. The molecule has 0 aliphatic carbocycles. The monoisotopic (exact) mass is 461 g/mol. The van der Waals surface area contributed by atoms with Crippen molar-refractivity contribution in [2.24, 2.45) is 0 Å². The van der Waals surface area contributed by atoms with Crippen molar-refractivity contribution in [1.82, 2.24) is 34.7 Å². The summed E-state index contributed by atoms with van der Waals surface area (Å²) in [4.78, 5) is 45.2. The first-order chi connectivity index (χ1) is 17.1. The number of Topliss-reactive ketones (excluding diaryl/α,β-unsaturated/α-hetero) is 1. The van der Waals surface area contributed by atoms with E-state index in [4.69, 9.17) is 5.73 Å². The van der Waals surface area contributed by atoms with Gasteiger partial charge in [0.15, 0.2) is 11.5 Å². The van der Waals surface area contributed by atoms with Crippen molar-refractivity contribution in [3.63, 3.8) is 0 Å². The van der Waals surface area contributed by atoms with Crippen LogP contribution in [0.4, 0.5) is 11.6 Å². The molecule has 3 N–H and O–H groups in total. The maximum atomic E-state index is 13.0. The second-order valence-corrected chi connectivity index (χ2v) is 7.11. The molecule has 1 amide bonds. The SMILES string of the molecule is Nc1nccc(-n2nc(C(=O)Nc3cccnc3)c3ccc(C#CC(=O)c4ncccn4)cc32)n1. The van der Waals surface area contributed by atoms with Crippen LogP contribution >= 0.6 is 0 Å². The molecule has 11 nitrogen and oxygen atoms in total. The van der Waals surface area contributed by atoms with Crippen LogP contribution in [-0.4, -0.2) is 46.4 Å². The summed E-state index contributed by atoms with van der Waals surface area (Å²) in [6, 6.07) is 11.7. The van der Waals surface area contributed by atoms with E-state index in [9.17, 15) is 9.59 Å². The van der Waals surface area contributed by atoms with Crippen molar-refractivity contribution in [3.05, 3.63) is 90.5 Å². The summed E-state index contributed by atoms with van der Waals surface area (Å²) in [6.07, 6.45) is 7.57. The second kappa shape index (κ2) is 9.16. The summed E-state index contributed by atoms with van der Waals surface area (Å²) >= 11 is 0. The summed E-state index contributed by atoms with van der Waals surface area (Å²) in [5, 5.41) is 7.81. The van der Waals surface area contributed by atoms with Gasteiger partial charge in [0.25, 0.3) is 11.7 Å². The number of nitrogens with one attached hydrogen (secondary N) is 1. The number of amides is 1. The summed E-state index contributed by atoms with van der Waals surface area (Å²) < 4.78 is 1.47. The lowest BCUT2D eigenvalue weighted by molar-refractivity contribution is 0.102. The number of pyridine rings is 1. The fourth-order valence-corrected chi connectivity index (χ4v) is 3.24. The van der Waals surface area contributed by atoms with Crippen LogP contribution in [0.15, 0.2) is 73.4 Å². The Morgan fingerprint density at radius 2 is 1.83 bits per heavy atom. The van der Waals surface area contributed by atoms with Crippen LogP contribution in [0.2, 0.25) is 0 Å². The van der Waals surface area contributed by atoms with E-state index in [2.05, 4.69) is 47.2 Å². The van der Waals surface area contributed by atoms with Crippen molar-refractivity contribution < 1.29 is 9.59 Å². The summed E-state index contributed by atoms with van der Waals surface area (Å²) in [5.41, 5.74) is 7.49. The van der Waals surface area contributed by atoms with Gasteiger partial charge in [-0.15, -0.1) is 0 Å². The molecule has 0 atom stereocenters. The van der Waals surface area contributed by atoms with E-state index < -0.39 is 11.7 Å². The van der Waals surface area contributed by atoms with Gasteiger partial charge in [-0.1, -0.05) is 5.92 Å². The van der Waals surface area contributed by atoms with Crippen LogP contribution in [-0.2, 0) is 0 Å². The number of ketones is 1. The minimum Gasteiger partial charge on any atom is -0.368 e. The van der Waals surface area contributed by atoms with E-state index >= 15 is 0 Å². The zero-order valence-corrected chi connectivity index (χ0v) is 18.0. The number of nitrogens with zero attached hydrogens (tertiary/aromatic N) is 7. The Kier molecular flexibility index (Phi) is 5.59. The highest BCUT2D eigenvalue weighted by atomic mass is 16.2. The molecule has 11 heteroatoms. The normalized spacial score (nSPS) is 10.4. The number of carbonyl (C=O) groups excluding carboxylic acids is 2. The first-order valence-electron chi connectivity index (χ1n) is 10.2. The van der Waals surface area contributed by atoms with Gasteiger partial charge in [-0.05, 0) is 42.3 Å². The lowest BCUT2D eigenvalue weighted by atomic mass is 10.1. The molecule has 0 radical (unpaired) electrons. The molecule has 168 valence electrons. The zero-order valence-electron chi connectivity index (χ0n) is 18.0. The van der Waals surface area contributed by atoms with Crippen molar-refractivity contribution in [2.75, 3.05) is 11.1 Å². The fourth-order valence-electron chi connectivity index (χ4n) is 3.24. The molecule has 4 heterocycles.